The van der Waals surface area contributed by atoms with Crippen molar-refractivity contribution in [2.24, 2.45) is 0 Å². The molecule has 0 saturated heterocycles. The number of fused-ring (bicyclic) bond motifs is 1. The first-order valence-corrected chi connectivity index (χ1v) is 20.3. The van der Waals surface area contributed by atoms with Crippen molar-refractivity contribution in [1.82, 2.24) is 14.5 Å². The van der Waals surface area contributed by atoms with Crippen LogP contribution in [0.4, 0.5) is 0 Å². The minimum atomic E-state index is -0.155. The molecule has 0 bridgehead atoms. The van der Waals surface area contributed by atoms with E-state index in [4.69, 9.17) is 9.97 Å². The largest absolute Gasteiger partial charge is 0.507 e. The number of benzene rings is 6. The average molecular weight is 954 g/mol. The minimum Gasteiger partial charge on any atom is -0.507 e. The summed E-state index contributed by atoms with van der Waals surface area (Å²) in [6.45, 7) is 19.8. The molecule has 0 fully saturated rings. The molecule has 5 heteroatoms. The normalized spacial score (nSPS) is 11.9. The van der Waals surface area contributed by atoms with Gasteiger partial charge >= 0.3 is 0 Å². The van der Waals surface area contributed by atoms with Crippen molar-refractivity contribution < 1.29 is 26.2 Å². The molecular weight excluding hydrogens is 902 g/mol. The van der Waals surface area contributed by atoms with Gasteiger partial charge in [-0.25, -0.2) is 4.98 Å². The van der Waals surface area contributed by atoms with Crippen molar-refractivity contribution in [3.8, 4) is 67.5 Å². The molecule has 0 amide bonds. The van der Waals surface area contributed by atoms with Crippen LogP contribution in [-0.2, 0) is 31.9 Å². The molecular formula is C54H52N3OPt-. The maximum Gasteiger partial charge on any atom is 0.148 e. The van der Waals surface area contributed by atoms with Crippen LogP contribution in [0.1, 0.15) is 83.6 Å². The number of phenols is 1. The quantitative estimate of drug-likeness (QED) is 0.162. The van der Waals surface area contributed by atoms with Crippen LogP contribution in [-0.4, -0.2) is 19.6 Å². The molecule has 0 radical (unpaired) electrons. The predicted octanol–water partition coefficient (Wildman–Crippen LogP) is 14.3. The van der Waals surface area contributed by atoms with Crippen LogP contribution in [0.5, 0.6) is 5.75 Å². The number of aryl methyl sites for hydroxylation is 1. The van der Waals surface area contributed by atoms with Gasteiger partial charge in [-0.05, 0) is 81.8 Å². The summed E-state index contributed by atoms with van der Waals surface area (Å²) in [6.07, 6.45) is 1.89. The summed E-state index contributed by atoms with van der Waals surface area (Å²) in [5, 5.41) is 12.2. The predicted molar refractivity (Wildman–Crippen MR) is 243 cm³/mol. The van der Waals surface area contributed by atoms with E-state index < -0.39 is 0 Å². The third kappa shape index (κ3) is 8.21. The number of hydrogen-bond acceptors (Lipinski definition) is 3. The van der Waals surface area contributed by atoms with Gasteiger partial charge in [0.15, 0.2) is 0 Å². The second kappa shape index (κ2) is 16.2. The number of nitrogens with zero attached hydrogens (tertiary/aromatic N) is 3. The number of aromatic hydroxyl groups is 1. The van der Waals surface area contributed by atoms with Crippen LogP contribution in [0.3, 0.4) is 0 Å². The maximum atomic E-state index is 12.2. The van der Waals surface area contributed by atoms with Gasteiger partial charge in [0, 0.05) is 38.5 Å². The first-order valence-electron chi connectivity index (χ1n) is 20.3. The average Bonchev–Trinajstić information content (AvgIpc) is 3.60. The molecule has 1 N–H and O–H groups in total. The first-order chi connectivity index (χ1) is 27.7. The summed E-state index contributed by atoms with van der Waals surface area (Å²) in [4.78, 5) is 10.5. The Bertz CT molecular complexity index is 2790. The summed E-state index contributed by atoms with van der Waals surface area (Å²) < 4.78 is 2.26. The van der Waals surface area contributed by atoms with Crippen molar-refractivity contribution in [3.63, 3.8) is 0 Å². The molecule has 59 heavy (non-hydrogen) atoms. The summed E-state index contributed by atoms with van der Waals surface area (Å²) in [5.41, 5.74) is 15.8. The van der Waals surface area contributed by atoms with Gasteiger partial charge in [-0.1, -0.05) is 163 Å². The Morgan fingerprint density at radius 3 is 1.92 bits per heavy atom. The number of pyridine rings is 1. The number of imidazole rings is 1. The number of rotatable bonds is 7. The SMILES string of the molecule is Cc1ccc(-n2c(-c3cc(C(C)(C)C)cc(C(C)C)c3O)nc3c(-c4[c-]c(-c5cc(-c6ccccc6)ccn5)cc(C(C)(C)C)c4)cccc32)c(-c2ccccc2)c1.[Pt]. The Hall–Kier alpha value is -5.57. The second-order valence-corrected chi connectivity index (χ2v) is 17.9. The van der Waals surface area contributed by atoms with Gasteiger partial charge in [-0.2, -0.15) is 0 Å². The standard InChI is InChI=1S/C54H52N3O.Pt/c1-34(2)44-32-42(54(7,8)9)33-46(51(44)58)52-56-50-43(21-16-22-49(50)57(52)48-24-23-35(3)27-45(48)37-19-14-11-15-20-37)39-28-40(30-41(29-39)53(4,5)6)47-31-38(25-26-55-47)36-17-12-10-13-18-36;/h10-27,29-34,58H,1-9H3;/q-1;. The van der Waals surface area contributed by atoms with E-state index in [0.29, 0.717) is 11.4 Å². The van der Waals surface area contributed by atoms with Crippen LogP contribution < -0.4 is 0 Å². The maximum absolute atomic E-state index is 12.2. The summed E-state index contributed by atoms with van der Waals surface area (Å²) >= 11 is 0. The van der Waals surface area contributed by atoms with Crippen molar-refractivity contribution in [2.75, 3.05) is 0 Å². The van der Waals surface area contributed by atoms with Gasteiger partial charge in [-0.3, -0.25) is 9.55 Å². The van der Waals surface area contributed by atoms with E-state index in [1.165, 1.54) is 11.1 Å². The smallest absolute Gasteiger partial charge is 0.148 e. The third-order valence-corrected chi connectivity index (χ3v) is 11.2. The number of aromatic nitrogens is 3. The molecule has 0 aliphatic carbocycles. The fourth-order valence-corrected chi connectivity index (χ4v) is 7.81. The number of hydrogen-bond donors (Lipinski definition) is 1. The van der Waals surface area contributed by atoms with Gasteiger partial charge in [0.25, 0.3) is 0 Å². The molecule has 0 spiro atoms. The van der Waals surface area contributed by atoms with Crippen molar-refractivity contribution in [2.45, 2.75) is 79.1 Å². The molecule has 300 valence electrons. The van der Waals surface area contributed by atoms with Crippen LogP contribution in [0.25, 0.3) is 72.7 Å². The van der Waals surface area contributed by atoms with Crippen molar-refractivity contribution in [3.05, 3.63) is 168 Å². The molecule has 8 aromatic rings. The zero-order valence-corrected chi connectivity index (χ0v) is 37.7. The fraction of sp³-hybridized carbons (Fsp3) is 0.222. The Kier molecular flexibility index (Phi) is 11.4. The van der Waals surface area contributed by atoms with E-state index in [9.17, 15) is 5.11 Å². The summed E-state index contributed by atoms with van der Waals surface area (Å²) in [7, 11) is 0. The van der Waals surface area contributed by atoms with E-state index in [1.807, 2.05) is 12.3 Å². The van der Waals surface area contributed by atoms with E-state index in [0.717, 1.165) is 72.5 Å². The van der Waals surface area contributed by atoms with Crippen LogP contribution >= 0.6 is 0 Å². The monoisotopic (exact) mass is 953 g/mol. The topological polar surface area (TPSA) is 50.9 Å². The van der Waals surface area contributed by atoms with Gasteiger partial charge < -0.3 is 5.11 Å². The van der Waals surface area contributed by atoms with E-state index in [1.54, 1.807) is 0 Å². The molecule has 0 aliphatic heterocycles. The molecule has 0 aliphatic rings. The van der Waals surface area contributed by atoms with E-state index in [-0.39, 0.29) is 43.6 Å². The van der Waals surface area contributed by atoms with E-state index >= 15 is 0 Å². The molecule has 2 aromatic heterocycles. The van der Waals surface area contributed by atoms with Gasteiger partial charge in [0.2, 0.25) is 0 Å². The molecule has 4 nitrogen and oxygen atoms in total. The third-order valence-electron chi connectivity index (χ3n) is 11.2. The first kappa shape index (κ1) is 41.6. The van der Waals surface area contributed by atoms with Crippen LogP contribution in [0.15, 0.2) is 140 Å². The summed E-state index contributed by atoms with van der Waals surface area (Å²) in [6, 6.07) is 50.8. The molecule has 2 heterocycles. The second-order valence-electron chi connectivity index (χ2n) is 17.9. The molecule has 0 saturated carbocycles. The summed E-state index contributed by atoms with van der Waals surface area (Å²) in [5.74, 6) is 1.07. The van der Waals surface area contributed by atoms with Crippen molar-refractivity contribution in [1.29, 1.82) is 0 Å². The Labute approximate surface area is 364 Å². The van der Waals surface area contributed by atoms with Gasteiger partial charge in [-0.15, -0.1) is 29.3 Å². The van der Waals surface area contributed by atoms with Crippen molar-refractivity contribution >= 4 is 11.0 Å². The van der Waals surface area contributed by atoms with E-state index in [2.05, 4.69) is 200 Å². The zero-order valence-electron chi connectivity index (χ0n) is 35.5. The Balaban J connectivity index is 0.00000528. The molecule has 8 rings (SSSR count). The van der Waals surface area contributed by atoms with Gasteiger partial charge in [0.05, 0.1) is 22.3 Å². The fourth-order valence-electron chi connectivity index (χ4n) is 7.81. The van der Waals surface area contributed by atoms with Crippen LogP contribution in [0, 0.1) is 13.0 Å². The molecule has 0 atom stereocenters. The Morgan fingerprint density at radius 2 is 1.25 bits per heavy atom. The molecule has 0 unspecified atom stereocenters. The minimum absolute atomic E-state index is 0. The number of para-hydroxylation sites is 1. The zero-order chi connectivity index (χ0) is 40.9. The molecule has 6 aromatic carbocycles. The number of phenolic OH excluding ortho intramolecular Hbond substituents is 1. The Morgan fingerprint density at radius 1 is 0.610 bits per heavy atom. The van der Waals surface area contributed by atoms with Gasteiger partial charge in [0.1, 0.15) is 11.6 Å². The van der Waals surface area contributed by atoms with Crippen LogP contribution in [0.2, 0.25) is 0 Å².